The summed E-state index contributed by atoms with van der Waals surface area (Å²) in [5, 5.41) is 0.465. The van der Waals surface area contributed by atoms with Crippen LogP contribution in [0.25, 0.3) is 0 Å². The molecule has 122 valence electrons. The molecule has 0 N–H and O–H groups in total. The van der Waals surface area contributed by atoms with E-state index in [1.165, 1.54) is 0 Å². The monoisotopic (exact) mass is 398 g/mol. The predicted molar refractivity (Wildman–Crippen MR) is 92.4 cm³/mol. The summed E-state index contributed by atoms with van der Waals surface area (Å²) in [4.78, 5) is 11.7. The molecule has 23 heavy (non-hydrogen) atoms. The van der Waals surface area contributed by atoms with E-state index < -0.39 is 12.1 Å². The number of rotatable bonds is 6. The highest BCUT2D eigenvalue weighted by molar-refractivity contribution is 9.10. The van der Waals surface area contributed by atoms with Gasteiger partial charge in [-0.2, -0.15) is 0 Å². The van der Waals surface area contributed by atoms with E-state index in [0.717, 1.165) is 4.47 Å². The number of hydrogen-bond acceptors (Lipinski definition) is 4. The fraction of sp³-hybridized carbons (Fsp3) is 0.235. The Bertz CT molecular complexity index is 690. The van der Waals surface area contributed by atoms with Crippen molar-refractivity contribution in [2.45, 2.75) is 20.0 Å². The number of benzene rings is 2. The third kappa shape index (κ3) is 4.88. The summed E-state index contributed by atoms with van der Waals surface area (Å²) >= 11 is 9.50. The third-order valence-electron chi connectivity index (χ3n) is 2.89. The lowest BCUT2D eigenvalue weighted by Gasteiger charge is -2.16. The Balaban J connectivity index is 2.18. The number of ether oxygens (including phenoxy) is 3. The van der Waals surface area contributed by atoms with Gasteiger partial charge in [0.2, 0.25) is 0 Å². The van der Waals surface area contributed by atoms with Crippen molar-refractivity contribution in [2.24, 2.45) is 0 Å². The number of para-hydroxylation sites is 2. The first-order valence-corrected chi connectivity index (χ1v) is 8.23. The summed E-state index contributed by atoms with van der Waals surface area (Å²) in [7, 11) is 0. The summed E-state index contributed by atoms with van der Waals surface area (Å²) < 4.78 is 17.2. The van der Waals surface area contributed by atoms with Crippen LogP contribution in [0.1, 0.15) is 13.8 Å². The van der Waals surface area contributed by atoms with E-state index in [-0.39, 0.29) is 0 Å². The molecule has 2 aromatic carbocycles. The molecule has 0 radical (unpaired) electrons. The molecule has 0 aliphatic carbocycles. The zero-order valence-corrected chi connectivity index (χ0v) is 15.1. The van der Waals surface area contributed by atoms with Gasteiger partial charge in [0.15, 0.2) is 17.6 Å². The van der Waals surface area contributed by atoms with Crippen LogP contribution in [0.2, 0.25) is 5.02 Å². The van der Waals surface area contributed by atoms with Crippen molar-refractivity contribution in [1.82, 2.24) is 0 Å². The first kappa shape index (κ1) is 17.6. The fourth-order valence-electron chi connectivity index (χ4n) is 1.81. The van der Waals surface area contributed by atoms with Crippen LogP contribution >= 0.6 is 27.5 Å². The first-order valence-electron chi connectivity index (χ1n) is 7.06. The molecule has 4 nitrogen and oxygen atoms in total. The Morgan fingerprint density at radius 2 is 1.87 bits per heavy atom. The fourth-order valence-corrected chi connectivity index (χ4v) is 2.52. The Kier molecular flexibility index (Phi) is 6.30. The van der Waals surface area contributed by atoms with Gasteiger partial charge in [-0.25, -0.2) is 4.79 Å². The average molecular weight is 400 g/mol. The van der Waals surface area contributed by atoms with Crippen molar-refractivity contribution in [2.75, 3.05) is 6.61 Å². The van der Waals surface area contributed by atoms with Gasteiger partial charge in [0.1, 0.15) is 5.75 Å². The van der Waals surface area contributed by atoms with Gasteiger partial charge in [-0.15, -0.1) is 0 Å². The van der Waals surface area contributed by atoms with E-state index in [1.807, 2.05) is 12.1 Å². The summed E-state index contributed by atoms with van der Waals surface area (Å²) in [6, 6.07) is 12.4. The molecule has 0 amide bonds. The second-order valence-electron chi connectivity index (χ2n) is 4.64. The molecule has 6 heteroatoms. The molecule has 2 rings (SSSR count). The lowest BCUT2D eigenvalue weighted by Crippen LogP contribution is -2.26. The molecule has 0 heterocycles. The molecule has 0 bridgehead atoms. The maximum Gasteiger partial charge on any atom is 0.347 e. The molecule has 1 unspecified atom stereocenters. The van der Waals surface area contributed by atoms with Crippen LogP contribution in [0.4, 0.5) is 0 Å². The summed E-state index contributed by atoms with van der Waals surface area (Å²) in [5.41, 5.74) is 0. The third-order valence-corrected chi connectivity index (χ3v) is 3.67. The largest absolute Gasteiger partial charge is 0.475 e. The van der Waals surface area contributed by atoms with E-state index in [0.29, 0.717) is 28.9 Å². The zero-order chi connectivity index (χ0) is 16.8. The van der Waals surface area contributed by atoms with Gasteiger partial charge in [-0.1, -0.05) is 39.7 Å². The SMILES string of the molecule is CCOC(=O)C(C)Oc1ccccc1Oc1ccc(Br)cc1Cl. The van der Waals surface area contributed by atoms with E-state index in [4.69, 9.17) is 25.8 Å². The Morgan fingerprint density at radius 1 is 1.17 bits per heavy atom. The smallest absolute Gasteiger partial charge is 0.347 e. The van der Waals surface area contributed by atoms with Crippen molar-refractivity contribution in [3.63, 3.8) is 0 Å². The summed E-state index contributed by atoms with van der Waals surface area (Å²) in [6.07, 6.45) is -0.736. The van der Waals surface area contributed by atoms with Crippen LogP contribution in [0.15, 0.2) is 46.9 Å². The minimum atomic E-state index is -0.736. The van der Waals surface area contributed by atoms with Crippen molar-refractivity contribution < 1.29 is 19.0 Å². The van der Waals surface area contributed by atoms with Gasteiger partial charge >= 0.3 is 5.97 Å². The van der Waals surface area contributed by atoms with Crippen LogP contribution in [0, 0.1) is 0 Å². The van der Waals surface area contributed by atoms with Gasteiger partial charge in [0, 0.05) is 4.47 Å². The Hall–Kier alpha value is -1.72. The second kappa shape index (κ2) is 8.22. The lowest BCUT2D eigenvalue weighted by molar-refractivity contribution is -0.150. The highest BCUT2D eigenvalue weighted by Crippen LogP contribution is 2.36. The molecule has 0 saturated heterocycles. The van der Waals surface area contributed by atoms with Crippen molar-refractivity contribution >= 4 is 33.5 Å². The number of esters is 1. The standard InChI is InChI=1S/C17H16BrClO4/c1-3-21-17(20)11(2)22-15-6-4-5-7-16(15)23-14-9-8-12(18)10-13(14)19/h4-11H,3H2,1-2H3. The molecule has 0 spiro atoms. The zero-order valence-electron chi connectivity index (χ0n) is 12.7. The molecular weight excluding hydrogens is 384 g/mol. The maximum absolute atomic E-state index is 11.7. The van der Waals surface area contributed by atoms with Crippen LogP contribution in [-0.2, 0) is 9.53 Å². The van der Waals surface area contributed by atoms with Crippen molar-refractivity contribution in [3.05, 3.63) is 52.0 Å². The Morgan fingerprint density at radius 3 is 2.52 bits per heavy atom. The minimum absolute atomic E-state index is 0.305. The van der Waals surface area contributed by atoms with E-state index in [1.54, 1.807) is 44.2 Å². The van der Waals surface area contributed by atoms with Crippen LogP contribution in [0.3, 0.4) is 0 Å². The highest BCUT2D eigenvalue weighted by Gasteiger charge is 2.18. The molecule has 0 aliphatic heterocycles. The number of carbonyl (C=O) groups excluding carboxylic acids is 1. The van der Waals surface area contributed by atoms with Crippen molar-refractivity contribution in [1.29, 1.82) is 0 Å². The molecule has 1 atom stereocenters. The normalized spacial score (nSPS) is 11.7. The van der Waals surface area contributed by atoms with Crippen LogP contribution in [0.5, 0.6) is 17.2 Å². The topological polar surface area (TPSA) is 44.8 Å². The lowest BCUT2D eigenvalue weighted by atomic mass is 10.3. The van der Waals surface area contributed by atoms with Gasteiger partial charge in [-0.05, 0) is 44.2 Å². The molecule has 0 saturated carbocycles. The van der Waals surface area contributed by atoms with Crippen molar-refractivity contribution in [3.8, 4) is 17.2 Å². The summed E-state index contributed by atoms with van der Waals surface area (Å²) in [5.74, 6) is 0.971. The quantitative estimate of drug-likeness (QED) is 0.624. The second-order valence-corrected chi connectivity index (χ2v) is 5.96. The molecular formula is C17H16BrClO4. The van der Waals surface area contributed by atoms with Crippen LogP contribution in [-0.4, -0.2) is 18.7 Å². The van der Waals surface area contributed by atoms with Gasteiger partial charge in [0.25, 0.3) is 0 Å². The highest BCUT2D eigenvalue weighted by atomic mass is 79.9. The number of halogens is 2. The van der Waals surface area contributed by atoms with Crippen LogP contribution < -0.4 is 9.47 Å². The molecule has 2 aromatic rings. The first-order chi connectivity index (χ1) is 11.0. The molecule has 0 aliphatic rings. The Labute approximate surface area is 148 Å². The van der Waals surface area contributed by atoms with Gasteiger partial charge < -0.3 is 14.2 Å². The van der Waals surface area contributed by atoms with E-state index in [2.05, 4.69) is 15.9 Å². The van der Waals surface area contributed by atoms with E-state index in [9.17, 15) is 4.79 Å². The number of carbonyl (C=O) groups is 1. The predicted octanol–water partition coefficient (Wildman–Crippen LogP) is 5.23. The van der Waals surface area contributed by atoms with E-state index >= 15 is 0 Å². The summed E-state index contributed by atoms with van der Waals surface area (Å²) in [6.45, 7) is 3.68. The molecule has 0 fully saturated rings. The minimum Gasteiger partial charge on any atom is -0.475 e. The average Bonchev–Trinajstić information content (AvgIpc) is 2.52. The van der Waals surface area contributed by atoms with Gasteiger partial charge in [-0.3, -0.25) is 0 Å². The number of hydrogen-bond donors (Lipinski definition) is 0. The van der Waals surface area contributed by atoms with Gasteiger partial charge in [0.05, 0.1) is 11.6 Å². The maximum atomic E-state index is 11.7. The molecule has 0 aromatic heterocycles.